The molecule has 0 spiro atoms. The van der Waals surface area contributed by atoms with Crippen LogP contribution in [0, 0.1) is 11.8 Å². The fourth-order valence-corrected chi connectivity index (χ4v) is 2.88. The fraction of sp³-hybridized carbons (Fsp3) is 0.375. The van der Waals surface area contributed by atoms with Crippen molar-refractivity contribution < 1.29 is 0 Å². The Kier molecular flexibility index (Phi) is 2.24. The van der Waals surface area contributed by atoms with Crippen molar-refractivity contribution in [2.75, 3.05) is 0 Å². The monoisotopic (exact) mass is 210 g/mol. The van der Waals surface area contributed by atoms with Crippen LogP contribution in [-0.2, 0) is 0 Å². The van der Waals surface area contributed by atoms with Crippen LogP contribution in [0.2, 0.25) is 0 Å². The molecule has 1 fully saturated rings. The lowest BCUT2D eigenvalue weighted by Crippen LogP contribution is -1.93. The second-order valence-corrected chi connectivity index (χ2v) is 5.32. The van der Waals surface area contributed by atoms with Gasteiger partial charge in [-0.3, -0.25) is 0 Å². The third-order valence-corrected chi connectivity index (χ3v) is 3.92. The van der Waals surface area contributed by atoms with Crippen molar-refractivity contribution in [1.29, 1.82) is 0 Å². The molecule has 0 unspecified atom stereocenters. The van der Waals surface area contributed by atoms with Crippen LogP contribution < -0.4 is 0 Å². The van der Waals surface area contributed by atoms with Gasteiger partial charge >= 0.3 is 0 Å². The van der Waals surface area contributed by atoms with Crippen LogP contribution in [-0.4, -0.2) is 0 Å². The SMILES string of the molecule is CC(C)[C@H]1C[C@@H]1c1cccc2ccccc12. The molecule has 0 saturated heterocycles. The smallest absolute Gasteiger partial charge is 0.0122 e. The van der Waals surface area contributed by atoms with Crippen LogP contribution in [0.3, 0.4) is 0 Å². The van der Waals surface area contributed by atoms with Crippen LogP contribution in [0.5, 0.6) is 0 Å². The van der Waals surface area contributed by atoms with E-state index in [2.05, 4.69) is 56.3 Å². The first-order chi connectivity index (χ1) is 7.77. The van der Waals surface area contributed by atoms with E-state index in [0.29, 0.717) is 0 Å². The summed E-state index contributed by atoms with van der Waals surface area (Å²) in [6.45, 7) is 4.69. The number of rotatable bonds is 2. The molecule has 1 saturated carbocycles. The lowest BCUT2D eigenvalue weighted by atomic mass is 9.97. The quantitative estimate of drug-likeness (QED) is 0.679. The van der Waals surface area contributed by atoms with Gasteiger partial charge in [0.2, 0.25) is 0 Å². The molecule has 0 nitrogen and oxygen atoms in total. The molecule has 82 valence electrons. The summed E-state index contributed by atoms with van der Waals surface area (Å²) < 4.78 is 0. The molecule has 0 aliphatic heterocycles. The average molecular weight is 210 g/mol. The summed E-state index contributed by atoms with van der Waals surface area (Å²) in [5.41, 5.74) is 1.57. The summed E-state index contributed by atoms with van der Waals surface area (Å²) in [5, 5.41) is 2.84. The Morgan fingerprint density at radius 3 is 2.50 bits per heavy atom. The van der Waals surface area contributed by atoms with Crippen LogP contribution in [0.1, 0.15) is 31.7 Å². The van der Waals surface area contributed by atoms with E-state index < -0.39 is 0 Å². The van der Waals surface area contributed by atoms with Crippen LogP contribution >= 0.6 is 0 Å². The van der Waals surface area contributed by atoms with Crippen molar-refractivity contribution in [2.24, 2.45) is 11.8 Å². The Labute approximate surface area is 97.3 Å². The van der Waals surface area contributed by atoms with Gasteiger partial charge in [-0.05, 0) is 40.5 Å². The van der Waals surface area contributed by atoms with Gasteiger partial charge in [-0.25, -0.2) is 0 Å². The highest BCUT2D eigenvalue weighted by atomic mass is 14.4. The lowest BCUT2D eigenvalue weighted by Gasteiger charge is -2.07. The molecule has 2 atom stereocenters. The predicted molar refractivity (Wildman–Crippen MR) is 69.6 cm³/mol. The number of benzene rings is 2. The Balaban J connectivity index is 2.05. The molecule has 0 radical (unpaired) electrons. The van der Waals surface area contributed by atoms with E-state index in [1.54, 1.807) is 5.56 Å². The first-order valence-electron chi connectivity index (χ1n) is 6.25. The highest BCUT2D eigenvalue weighted by Gasteiger charge is 2.40. The number of fused-ring (bicyclic) bond motifs is 1. The highest BCUT2D eigenvalue weighted by molar-refractivity contribution is 5.86. The normalized spacial score (nSPS) is 23.9. The summed E-state index contributed by atoms with van der Waals surface area (Å²) in [7, 11) is 0. The molecule has 2 aromatic carbocycles. The van der Waals surface area contributed by atoms with Crippen LogP contribution in [0.15, 0.2) is 42.5 Å². The fourth-order valence-electron chi connectivity index (χ4n) is 2.88. The lowest BCUT2D eigenvalue weighted by molar-refractivity contribution is 0.549. The standard InChI is InChI=1S/C16H18/c1-11(2)15-10-16(15)14-9-5-7-12-6-3-4-8-13(12)14/h3-9,11,15-16H,10H2,1-2H3/t15-,16-/m1/s1. The maximum Gasteiger partial charge on any atom is -0.0122 e. The van der Waals surface area contributed by atoms with E-state index in [0.717, 1.165) is 17.8 Å². The van der Waals surface area contributed by atoms with Gasteiger partial charge < -0.3 is 0 Å². The third kappa shape index (κ3) is 1.53. The summed E-state index contributed by atoms with van der Waals surface area (Å²) in [5.74, 6) is 2.54. The molecule has 16 heavy (non-hydrogen) atoms. The van der Waals surface area contributed by atoms with Gasteiger partial charge in [0, 0.05) is 0 Å². The van der Waals surface area contributed by atoms with E-state index in [1.165, 1.54) is 17.2 Å². The van der Waals surface area contributed by atoms with Crippen LogP contribution in [0.4, 0.5) is 0 Å². The van der Waals surface area contributed by atoms with Crippen molar-refractivity contribution >= 4 is 10.8 Å². The summed E-state index contributed by atoms with van der Waals surface area (Å²) >= 11 is 0. The number of hydrogen-bond acceptors (Lipinski definition) is 0. The van der Waals surface area contributed by atoms with Gasteiger partial charge in [-0.2, -0.15) is 0 Å². The Hall–Kier alpha value is -1.30. The van der Waals surface area contributed by atoms with E-state index in [9.17, 15) is 0 Å². The second kappa shape index (κ2) is 3.62. The first-order valence-corrected chi connectivity index (χ1v) is 6.25. The minimum atomic E-state index is 0.811. The van der Waals surface area contributed by atoms with E-state index >= 15 is 0 Å². The van der Waals surface area contributed by atoms with Crippen molar-refractivity contribution in [3.05, 3.63) is 48.0 Å². The Morgan fingerprint density at radius 2 is 1.75 bits per heavy atom. The minimum absolute atomic E-state index is 0.811. The zero-order valence-electron chi connectivity index (χ0n) is 9.98. The molecule has 0 aromatic heterocycles. The molecule has 0 amide bonds. The van der Waals surface area contributed by atoms with E-state index in [1.807, 2.05) is 0 Å². The molecule has 1 aliphatic carbocycles. The maximum atomic E-state index is 2.34. The van der Waals surface area contributed by atoms with Crippen molar-refractivity contribution in [2.45, 2.75) is 26.2 Å². The third-order valence-electron chi connectivity index (χ3n) is 3.92. The highest BCUT2D eigenvalue weighted by Crippen LogP contribution is 2.53. The maximum absolute atomic E-state index is 2.34. The zero-order valence-corrected chi connectivity index (χ0v) is 9.98. The van der Waals surface area contributed by atoms with Crippen molar-refractivity contribution in [1.82, 2.24) is 0 Å². The minimum Gasteiger partial charge on any atom is -0.0625 e. The molecule has 0 heteroatoms. The van der Waals surface area contributed by atoms with Crippen molar-refractivity contribution in [3.8, 4) is 0 Å². The Bertz CT molecular complexity index is 505. The molecule has 3 rings (SSSR count). The largest absolute Gasteiger partial charge is 0.0625 e. The number of hydrogen-bond donors (Lipinski definition) is 0. The van der Waals surface area contributed by atoms with Gasteiger partial charge in [0.25, 0.3) is 0 Å². The van der Waals surface area contributed by atoms with Gasteiger partial charge in [-0.15, -0.1) is 0 Å². The molecular formula is C16H18. The molecule has 0 bridgehead atoms. The second-order valence-electron chi connectivity index (χ2n) is 5.32. The molecule has 1 aliphatic rings. The Morgan fingerprint density at radius 1 is 1.00 bits per heavy atom. The average Bonchev–Trinajstić information content (AvgIpc) is 3.08. The first kappa shape index (κ1) is 9.89. The van der Waals surface area contributed by atoms with Crippen molar-refractivity contribution in [3.63, 3.8) is 0 Å². The zero-order chi connectivity index (χ0) is 11.1. The summed E-state index contributed by atoms with van der Waals surface area (Å²) in [6, 6.07) is 15.5. The van der Waals surface area contributed by atoms with E-state index in [-0.39, 0.29) is 0 Å². The van der Waals surface area contributed by atoms with Gasteiger partial charge in [0.1, 0.15) is 0 Å². The summed E-state index contributed by atoms with van der Waals surface area (Å²) in [6.07, 6.45) is 1.38. The van der Waals surface area contributed by atoms with Crippen LogP contribution in [0.25, 0.3) is 10.8 Å². The predicted octanol–water partition coefficient (Wildman–Crippen LogP) is 4.60. The van der Waals surface area contributed by atoms with Gasteiger partial charge in [0.15, 0.2) is 0 Å². The van der Waals surface area contributed by atoms with E-state index in [4.69, 9.17) is 0 Å². The molecule has 0 heterocycles. The summed E-state index contributed by atoms with van der Waals surface area (Å²) in [4.78, 5) is 0. The van der Waals surface area contributed by atoms with Gasteiger partial charge in [0.05, 0.1) is 0 Å². The molecule has 2 aromatic rings. The topological polar surface area (TPSA) is 0 Å². The van der Waals surface area contributed by atoms with Gasteiger partial charge in [-0.1, -0.05) is 56.3 Å². The molecular weight excluding hydrogens is 192 g/mol. The molecule has 0 N–H and O–H groups in total.